The number of halogens is 1. The van der Waals surface area contributed by atoms with Gasteiger partial charge in [-0.3, -0.25) is 0 Å². The maximum atomic E-state index is 4.22. The number of nitrogens with one attached hydrogen (secondary N) is 1. The summed E-state index contributed by atoms with van der Waals surface area (Å²) in [7, 11) is 0. The van der Waals surface area contributed by atoms with Gasteiger partial charge in [-0.15, -0.1) is 0 Å². The third-order valence-corrected chi connectivity index (χ3v) is 2.76. The predicted octanol–water partition coefficient (Wildman–Crippen LogP) is 3.32. The summed E-state index contributed by atoms with van der Waals surface area (Å²) in [6, 6.07) is 0.424. The van der Waals surface area contributed by atoms with Crippen molar-refractivity contribution < 1.29 is 0 Å². The summed E-state index contributed by atoms with van der Waals surface area (Å²) in [6.45, 7) is 8.92. The van der Waals surface area contributed by atoms with Crippen molar-refractivity contribution in [2.75, 3.05) is 5.32 Å². The van der Waals surface area contributed by atoms with Gasteiger partial charge in [-0.1, -0.05) is 20.8 Å². The first-order valence-electron chi connectivity index (χ1n) is 5.10. The molecule has 1 aromatic rings. The molecule has 1 N–H and O–H groups in total. The van der Waals surface area contributed by atoms with Gasteiger partial charge in [0, 0.05) is 12.2 Å². The van der Waals surface area contributed by atoms with E-state index in [4.69, 9.17) is 0 Å². The minimum atomic E-state index is 0.338. The molecule has 0 radical (unpaired) electrons. The van der Waals surface area contributed by atoms with Gasteiger partial charge in [0.15, 0.2) is 0 Å². The zero-order chi connectivity index (χ0) is 11.5. The molecule has 1 rings (SSSR count). The highest BCUT2D eigenvalue weighted by Gasteiger charge is 2.15. The number of anilines is 1. The summed E-state index contributed by atoms with van der Waals surface area (Å²) >= 11 is 2.24. The molecule has 0 aromatic carbocycles. The average Bonchev–Trinajstić information content (AvgIpc) is 2.05. The Kier molecular flexibility index (Phi) is 4.31. The van der Waals surface area contributed by atoms with Crippen LogP contribution in [0.2, 0.25) is 0 Å². The van der Waals surface area contributed by atoms with Gasteiger partial charge in [0.1, 0.15) is 12.1 Å². The molecule has 0 bridgehead atoms. The molecule has 15 heavy (non-hydrogen) atoms. The van der Waals surface area contributed by atoms with Gasteiger partial charge in [0.05, 0.1) is 3.57 Å². The van der Waals surface area contributed by atoms with Crippen LogP contribution in [0.1, 0.15) is 34.1 Å². The smallest absolute Gasteiger partial charge is 0.143 e. The van der Waals surface area contributed by atoms with Crippen LogP contribution in [0.5, 0.6) is 0 Å². The molecule has 1 unspecified atom stereocenters. The van der Waals surface area contributed by atoms with Gasteiger partial charge in [-0.25, -0.2) is 9.97 Å². The Balaban J connectivity index is 2.59. The van der Waals surface area contributed by atoms with Crippen LogP contribution in [0.4, 0.5) is 5.82 Å². The van der Waals surface area contributed by atoms with E-state index in [9.17, 15) is 0 Å². The second kappa shape index (κ2) is 5.09. The molecular formula is C11H18IN3. The normalized spacial score (nSPS) is 13.7. The molecule has 0 fully saturated rings. The lowest BCUT2D eigenvalue weighted by molar-refractivity contribution is 0.357. The van der Waals surface area contributed by atoms with Crippen molar-refractivity contribution in [2.24, 2.45) is 5.41 Å². The predicted molar refractivity (Wildman–Crippen MR) is 71.9 cm³/mol. The van der Waals surface area contributed by atoms with Crippen molar-refractivity contribution >= 4 is 28.4 Å². The Morgan fingerprint density at radius 2 is 2.13 bits per heavy atom. The summed E-state index contributed by atoms with van der Waals surface area (Å²) in [6.07, 6.45) is 4.51. The van der Waals surface area contributed by atoms with E-state index in [1.54, 1.807) is 6.33 Å². The Bertz CT molecular complexity index is 320. The second-order valence-electron chi connectivity index (χ2n) is 5.03. The Labute approximate surface area is 105 Å². The highest BCUT2D eigenvalue weighted by Crippen LogP contribution is 2.23. The highest BCUT2D eigenvalue weighted by atomic mass is 127. The molecule has 1 heterocycles. The third-order valence-electron chi connectivity index (χ3n) is 1.97. The Morgan fingerprint density at radius 3 is 2.67 bits per heavy atom. The van der Waals surface area contributed by atoms with Crippen LogP contribution in [0.15, 0.2) is 12.5 Å². The summed E-state index contributed by atoms with van der Waals surface area (Å²) in [5.41, 5.74) is 0.338. The minimum absolute atomic E-state index is 0.338. The van der Waals surface area contributed by atoms with E-state index < -0.39 is 0 Å². The standard InChI is InChI=1S/C11H18IN3/c1-8(5-11(2,3)4)15-10-9(12)6-13-7-14-10/h6-8H,5H2,1-4H3,(H,13,14,15). The fourth-order valence-electron chi connectivity index (χ4n) is 1.62. The molecule has 1 aromatic heterocycles. The molecule has 0 aliphatic carbocycles. The quantitative estimate of drug-likeness (QED) is 0.869. The first kappa shape index (κ1) is 12.7. The number of nitrogens with zero attached hydrogens (tertiary/aromatic N) is 2. The lowest BCUT2D eigenvalue weighted by atomic mass is 9.89. The number of hydrogen-bond donors (Lipinski definition) is 1. The van der Waals surface area contributed by atoms with Crippen molar-refractivity contribution in [3.63, 3.8) is 0 Å². The third kappa shape index (κ3) is 4.77. The minimum Gasteiger partial charge on any atom is -0.367 e. The van der Waals surface area contributed by atoms with Gasteiger partial charge in [-0.2, -0.15) is 0 Å². The molecule has 84 valence electrons. The number of hydrogen-bond acceptors (Lipinski definition) is 3. The maximum absolute atomic E-state index is 4.22. The molecule has 0 saturated carbocycles. The summed E-state index contributed by atoms with van der Waals surface area (Å²) in [4.78, 5) is 8.19. The van der Waals surface area contributed by atoms with Crippen LogP contribution < -0.4 is 5.32 Å². The lowest BCUT2D eigenvalue weighted by Crippen LogP contribution is -2.23. The van der Waals surface area contributed by atoms with Crippen molar-refractivity contribution in [3.05, 3.63) is 16.1 Å². The lowest BCUT2D eigenvalue weighted by Gasteiger charge is -2.24. The Morgan fingerprint density at radius 1 is 1.47 bits per heavy atom. The van der Waals surface area contributed by atoms with Gasteiger partial charge in [0.25, 0.3) is 0 Å². The van der Waals surface area contributed by atoms with Crippen molar-refractivity contribution in [1.29, 1.82) is 0 Å². The zero-order valence-electron chi connectivity index (χ0n) is 9.71. The second-order valence-corrected chi connectivity index (χ2v) is 6.19. The molecule has 0 saturated heterocycles. The van der Waals surface area contributed by atoms with E-state index in [0.29, 0.717) is 11.5 Å². The van der Waals surface area contributed by atoms with Gasteiger partial charge < -0.3 is 5.32 Å². The van der Waals surface area contributed by atoms with E-state index in [-0.39, 0.29) is 0 Å². The maximum Gasteiger partial charge on any atom is 0.143 e. The Hall–Kier alpha value is -0.390. The topological polar surface area (TPSA) is 37.8 Å². The number of rotatable bonds is 3. The molecule has 0 aliphatic heterocycles. The van der Waals surface area contributed by atoms with Crippen LogP contribution in [-0.4, -0.2) is 16.0 Å². The largest absolute Gasteiger partial charge is 0.367 e. The molecule has 1 atom stereocenters. The van der Waals surface area contributed by atoms with Crippen LogP contribution in [0, 0.1) is 8.99 Å². The van der Waals surface area contributed by atoms with Crippen LogP contribution in [0.3, 0.4) is 0 Å². The summed E-state index contributed by atoms with van der Waals surface area (Å²) in [5, 5.41) is 3.41. The first-order valence-corrected chi connectivity index (χ1v) is 6.18. The van der Waals surface area contributed by atoms with Gasteiger partial charge >= 0.3 is 0 Å². The van der Waals surface area contributed by atoms with E-state index in [0.717, 1.165) is 15.8 Å². The molecule has 4 heteroatoms. The van der Waals surface area contributed by atoms with Crippen LogP contribution >= 0.6 is 22.6 Å². The highest BCUT2D eigenvalue weighted by molar-refractivity contribution is 14.1. The van der Waals surface area contributed by atoms with Crippen LogP contribution in [-0.2, 0) is 0 Å². The van der Waals surface area contributed by atoms with Crippen molar-refractivity contribution in [3.8, 4) is 0 Å². The average molecular weight is 319 g/mol. The van der Waals surface area contributed by atoms with E-state index in [2.05, 4.69) is 65.6 Å². The molecular weight excluding hydrogens is 301 g/mol. The molecule has 0 spiro atoms. The fourth-order valence-corrected chi connectivity index (χ4v) is 2.08. The zero-order valence-corrected chi connectivity index (χ0v) is 11.9. The van der Waals surface area contributed by atoms with Gasteiger partial charge in [-0.05, 0) is 41.4 Å². The SMILES string of the molecule is CC(CC(C)(C)C)Nc1ncncc1I. The molecule has 0 amide bonds. The fraction of sp³-hybridized carbons (Fsp3) is 0.636. The van der Waals surface area contributed by atoms with E-state index >= 15 is 0 Å². The van der Waals surface area contributed by atoms with Crippen molar-refractivity contribution in [1.82, 2.24) is 9.97 Å². The van der Waals surface area contributed by atoms with Crippen LogP contribution in [0.25, 0.3) is 0 Å². The molecule has 3 nitrogen and oxygen atoms in total. The van der Waals surface area contributed by atoms with Gasteiger partial charge in [0.2, 0.25) is 0 Å². The van der Waals surface area contributed by atoms with E-state index in [1.807, 2.05) is 6.20 Å². The monoisotopic (exact) mass is 319 g/mol. The van der Waals surface area contributed by atoms with Crippen molar-refractivity contribution in [2.45, 2.75) is 40.2 Å². The molecule has 0 aliphatic rings. The summed E-state index contributed by atoms with van der Waals surface area (Å²) < 4.78 is 1.07. The van der Waals surface area contributed by atoms with E-state index in [1.165, 1.54) is 0 Å². The summed E-state index contributed by atoms with van der Waals surface area (Å²) in [5.74, 6) is 0.933. The number of aromatic nitrogens is 2. The first-order chi connectivity index (χ1) is 6.88.